The first kappa shape index (κ1) is 28.1. The number of fused-ring (bicyclic) bond motifs is 1. The predicted molar refractivity (Wildman–Crippen MR) is 160 cm³/mol. The number of aromatic nitrogens is 5. The van der Waals surface area contributed by atoms with Crippen molar-refractivity contribution in [3.05, 3.63) is 76.8 Å². The summed E-state index contributed by atoms with van der Waals surface area (Å²) in [6.45, 7) is 8.02. The third-order valence-electron chi connectivity index (χ3n) is 8.71. The van der Waals surface area contributed by atoms with Crippen molar-refractivity contribution in [2.24, 2.45) is 0 Å². The summed E-state index contributed by atoms with van der Waals surface area (Å²) < 4.78 is 32.4. The van der Waals surface area contributed by atoms with Gasteiger partial charge in [-0.05, 0) is 63.8 Å². The molecule has 0 unspecified atom stereocenters. The molecule has 4 aromatic rings. The summed E-state index contributed by atoms with van der Waals surface area (Å²) in [7, 11) is 0. The molecule has 226 valence electrons. The fourth-order valence-corrected chi connectivity index (χ4v) is 6.45. The molecule has 3 aliphatic rings. The van der Waals surface area contributed by atoms with Gasteiger partial charge < -0.3 is 14.9 Å². The first-order valence-electron chi connectivity index (χ1n) is 14.8. The Labute approximate surface area is 251 Å². The SMILES string of the molecule is C=CC(=O)N1[C@H](C)CN(c2nc(=O)n(-c3c(C4CC4)ncnc3C3CC3)c3nc(-c4c(O)cccc4F)c(F)cc23)C[C@@H]1C. The normalized spacial score (nSPS) is 20.3. The number of nitrogens with zero attached hydrogens (tertiary/aromatic N) is 7. The zero-order valence-electron chi connectivity index (χ0n) is 24.4. The molecule has 2 aliphatic carbocycles. The van der Waals surface area contributed by atoms with Gasteiger partial charge in [0.25, 0.3) is 0 Å². The van der Waals surface area contributed by atoms with E-state index in [1.807, 2.05) is 18.7 Å². The summed E-state index contributed by atoms with van der Waals surface area (Å²) in [5.74, 6) is -1.94. The predicted octanol–water partition coefficient (Wildman–Crippen LogP) is 4.59. The van der Waals surface area contributed by atoms with E-state index in [2.05, 4.69) is 26.5 Å². The lowest BCUT2D eigenvalue weighted by Crippen LogP contribution is -2.58. The number of piperazine rings is 1. The third kappa shape index (κ3) is 4.59. The number of carbonyl (C=O) groups excluding carboxylic acids is 1. The van der Waals surface area contributed by atoms with Crippen molar-refractivity contribution in [3.63, 3.8) is 0 Å². The molecule has 1 amide bonds. The van der Waals surface area contributed by atoms with Crippen LogP contribution in [0.5, 0.6) is 5.75 Å². The van der Waals surface area contributed by atoms with Crippen molar-refractivity contribution in [3.8, 4) is 22.7 Å². The van der Waals surface area contributed by atoms with Gasteiger partial charge in [-0.3, -0.25) is 4.79 Å². The van der Waals surface area contributed by atoms with Crippen molar-refractivity contribution in [2.45, 2.75) is 63.5 Å². The number of phenols is 1. The molecule has 0 radical (unpaired) electrons. The summed E-state index contributed by atoms with van der Waals surface area (Å²) in [6.07, 6.45) is 6.42. The Kier molecular flexibility index (Phi) is 6.67. The van der Waals surface area contributed by atoms with Crippen molar-refractivity contribution >= 4 is 22.8 Å². The Morgan fingerprint density at radius 3 is 2.20 bits per heavy atom. The van der Waals surface area contributed by atoms with E-state index < -0.39 is 34.3 Å². The Morgan fingerprint density at radius 2 is 1.64 bits per heavy atom. The molecule has 1 aliphatic heterocycles. The zero-order chi connectivity index (χ0) is 30.9. The summed E-state index contributed by atoms with van der Waals surface area (Å²) in [4.78, 5) is 48.5. The van der Waals surface area contributed by atoms with Crippen molar-refractivity contribution in [2.75, 3.05) is 18.0 Å². The summed E-state index contributed by atoms with van der Waals surface area (Å²) >= 11 is 0. The Balaban J connectivity index is 1.50. The maximum absolute atomic E-state index is 16.0. The van der Waals surface area contributed by atoms with E-state index in [1.165, 1.54) is 35.2 Å². The number of anilines is 1. The largest absolute Gasteiger partial charge is 0.507 e. The first-order chi connectivity index (χ1) is 21.2. The van der Waals surface area contributed by atoms with E-state index in [-0.39, 0.29) is 46.7 Å². The highest BCUT2D eigenvalue weighted by Crippen LogP contribution is 2.47. The van der Waals surface area contributed by atoms with Gasteiger partial charge in [-0.25, -0.2) is 33.1 Å². The van der Waals surface area contributed by atoms with Crippen LogP contribution in [-0.2, 0) is 4.79 Å². The van der Waals surface area contributed by atoms with E-state index >= 15 is 8.78 Å². The molecule has 2 atom stereocenters. The minimum Gasteiger partial charge on any atom is -0.507 e. The van der Waals surface area contributed by atoms with Crippen LogP contribution in [0.25, 0.3) is 28.0 Å². The highest BCUT2D eigenvalue weighted by molar-refractivity contribution is 5.91. The van der Waals surface area contributed by atoms with Crippen LogP contribution in [0.3, 0.4) is 0 Å². The van der Waals surface area contributed by atoms with E-state index in [1.54, 1.807) is 4.90 Å². The molecular weight excluding hydrogens is 568 g/mol. The highest BCUT2D eigenvalue weighted by atomic mass is 19.1. The number of aromatic hydroxyl groups is 1. The molecule has 3 aromatic heterocycles. The van der Waals surface area contributed by atoms with Crippen LogP contribution < -0.4 is 10.6 Å². The van der Waals surface area contributed by atoms with Crippen LogP contribution in [0.1, 0.15) is 62.8 Å². The number of pyridine rings is 1. The quantitative estimate of drug-likeness (QED) is 0.320. The third-order valence-corrected chi connectivity index (χ3v) is 8.71. The van der Waals surface area contributed by atoms with Crippen molar-refractivity contribution in [1.82, 2.24) is 29.4 Å². The molecule has 3 fully saturated rings. The molecule has 1 saturated heterocycles. The summed E-state index contributed by atoms with van der Waals surface area (Å²) in [5.41, 5.74) is 0.482. The molecule has 0 spiro atoms. The number of amides is 1. The zero-order valence-corrected chi connectivity index (χ0v) is 24.4. The van der Waals surface area contributed by atoms with Gasteiger partial charge in [-0.15, -0.1) is 0 Å². The van der Waals surface area contributed by atoms with Gasteiger partial charge in [0.05, 0.1) is 28.0 Å². The molecule has 1 aromatic carbocycles. The second kappa shape index (κ2) is 10.5. The summed E-state index contributed by atoms with van der Waals surface area (Å²) in [6, 6.07) is 4.34. The molecule has 12 heteroatoms. The van der Waals surface area contributed by atoms with Gasteiger partial charge in [-0.1, -0.05) is 12.6 Å². The number of halogens is 2. The molecule has 7 rings (SSSR count). The van der Waals surface area contributed by atoms with Crippen LogP contribution in [0.15, 0.2) is 48.0 Å². The topological polar surface area (TPSA) is 117 Å². The number of carbonyl (C=O) groups is 1. The average Bonchev–Trinajstić information content (AvgIpc) is 3.91. The lowest BCUT2D eigenvalue weighted by molar-refractivity contribution is -0.130. The fourth-order valence-electron chi connectivity index (χ4n) is 6.45. The van der Waals surface area contributed by atoms with E-state index in [4.69, 9.17) is 0 Å². The van der Waals surface area contributed by atoms with Crippen LogP contribution >= 0.6 is 0 Å². The van der Waals surface area contributed by atoms with Crippen LogP contribution in [-0.4, -0.2) is 65.6 Å². The lowest BCUT2D eigenvalue weighted by atomic mass is 10.1. The summed E-state index contributed by atoms with van der Waals surface area (Å²) in [5, 5.41) is 10.8. The van der Waals surface area contributed by atoms with Crippen LogP contribution in [0, 0.1) is 11.6 Å². The van der Waals surface area contributed by atoms with Gasteiger partial charge in [-0.2, -0.15) is 4.98 Å². The molecule has 44 heavy (non-hydrogen) atoms. The minimum absolute atomic E-state index is 0.0579. The van der Waals surface area contributed by atoms with Gasteiger partial charge >= 0.3 is 5.69 Å². The second-order valence-corrected chi connectivity index (χ2v) is 12.0. The van der Waals surface area contributed by atoms with E-state index in [0.29, 0.717) is 30.2 Å². The maximum atomic E-state index is 16.0. The molecule has 0 bridgehead atoms. The van der Waals surface area contributed by atoms with Gasteiger partial charge in [0, 0.05) is 37.0 Å². The Bertz CT molecular complexity index is 1840. The van der Waals surface area contributed by atoms with Gasteiger partial charge in [0.1, 0.15) is 29.4 Å². The van der Waals surface area contributed by atoms with Gasteiger partial charge in [0.15, 0.2) is 11.5 Å². The van der Waals surface area contributed by atoms with Gasteiger partial charge in [0.2, 0.25) is 5.91 Å². The van der Waals surface area contributed by atoms with Crippen molar-refractivity contribution < 1.29 is 18.7 Å². The van der Waals surface area contributed by atoms with Crippen LogP contribution in [0.4, 0.5) is 14.6 Å². The van der Waals surface area contributed by atoms with Crippen LogP contribution in [0.2, 0.25) is 0 Å². The number of hydrogen-bond acceptors (Lipinski definition) is 8. The monoisotopic (exact) mass is 599 g/mol. The maximum Gasteiger partial charge on any atom is 0.355 e. The number of rotatable bonds is 6. The smallest absolute Gasteiger partial charge is 0.355 e. The fraction of sp³-hybridized carbons (Fsp3) is 0.375. The van der Waals surface area contributed by atoms with E-state index in [9.17, 15) is 14.7 Å². The average molecular weight is 600 g/mol. The molecule has 10 nitrogen and oxygen atoms in total. The standard InChI is InChI=1S/C32H31F2N7O3/c1-4-24(43)40-16(2)13-39(14-17(40)3)30-20-12-22(34)28(25-21(33)6-5-7-23(25)42)37-31(20)41(32(44)38-30)29-26(18-8-9-18)35-15-36-27(29)19-10-11-19/h4-7,12,15-19,42H,1,8-11,13-14H2,2-3H3/t16-,17+. The second-order valence-electron chi connectivity index (χ2n) is 12.0. The molecular formula is C32H31F2N7O3. The highest BCUT2D eigenvalue weighted by Gasteiger charge is 2.38. The Hall–Kier alpha value is -4.74. The number of benzene rings is 1. The molecule has 1 N–H and O–H groups in total. The number of phenolic OH excluding ortho intramolecular Hbond substituents is 1. The van der Waals surface area contributed by atoms with E-state index in [0.717, 1.165) is 31.7 Å². The minimum atomic E-state index is -0.887. The van der Waals surface area contributed by atoms with Crippen molar-refractivity contribution in [1.29, 1.82) is 0 Å². The molecule has 2 saturated carbocycles. The Morgan fingerprint density at radius 1 is 1.00 bits per heavy atom. The number of hydrogen-bond donors (Lipinski definition) is 1. The first-order valence-corrected chi connectivity index (χ1v) is 14.8. The molecule has 4 heterocycles. The lowest BCUT2D eigenvalue weighted by Gasteiger charge is -2.44.